The molecule has 2 aromatic rings. The Morgan fingerprint density at radius 2 is 2.10 bits per heavy atom. The molecule has 2 nitrogen and oxygen atoms in total. The van der Waals surface area contributed by atoms with Crippen LogP contribution in [0.5, 0.6) is 5.75 Å². The molecule has 0 N–H and O–H groups in total. The van der Waals surface area contributed by atoms with E-state index in [1.54, 1.807) is 6.07 Å². The van der Waals surface area contributed by atoms with Crippen LogP contribution >= 0.6 is 15.9 Å². The van der Waals surface area contributed by atoms with Gasteiger partial charge < -0.3 is 4.74 Å². The number of para-hydroxylation sites is 1. The monoisotopic (exact) mass is 334 g/mol. The minimum Gasteiger partial charge on any atom is -0.493 e. The molecule has 0 saturated carbocycles. The van der Waals surface area contributed by atoms with E-state index >= 15 is 0 Å². The van der Waals surface area contributed by atoms with Gasteiger partial charge in [0.1, 0.15) is 11.6 Å². The van der Waals surface area contributed by atoms with Gasteiger partial charge in [0.15, 0.2) is 5.78 Å². The quantitative estimate of drug-likeness (QED) is 0.771. The van der Waals surface area contributed by atoms with E-state index in [-0.39, 0.29) is 16.1 Å². The predicted molar refractivity (Wildman–Crippen MR) is 77.8 cm³/mol. The smallest absolute Gasteiger partial charge is 0.196 e. The molecular formula is C16H12BrFO2. The van der Waals surface area contributed by atoms with Crippen molar-refractivity contribution < 1.29 is 13.9 Å². The number of aryl methyl sites for hydroxylation is 1. The number of ketones is 1. The van der Waals surface area contributed by atoms with E-state index in [1.807, 2.05) is 12.1 Å². The highest BCUT2D eigenvalue weighted by Crippen LogP contribution is 2.31. The third-order valence-corrected chi connectivity index (χ3v) is 3.97. The van der Waals surface area contributed by atoms with E-state index in [4.69, 9.17) is 4.74 Å². The van der Waals surface area contributed by atoms with Gasteiger partial charge in [0.05, 0.1) is 16.6 Å². The summed E-state index contributed by atoms with van der Waals surface area (Å²) >= 11 is 3.10. The third kappa shape index (κ3) is 2.36. The molecule has 0 radical (unpaired) electrons. The summed E-state index contributed by atoms with van der Waals surface area (Å²) in [5.41, 5.74) is 2.05. The molecule has 0 bridgehead atoms. The fourth-order valence-corrected chi connectivity index (χ4v) is 2.74. The molecule has 0 aliphatic carbocycles. The average molecular weight is 335 g/mol. The molecule has 4 heteroatoms. The lowest BCUT2D eigenvalue weighted by Crippen LogP contribution is -2.13. The zero-order chi connectivity index (χ0) is 14.1. The largest absolute Gasteiger partial charge is 0.493 e. The first-order valence-corrected chi connectivity index (χ1v) is 7.20. The highest BCUT2D eigenvalue weighted by Gasteiger charge is 2.20. The number of ether oxygens (including phenoxy) is 1. The summed E-state index contributed by atoms with van der Waals surface area (Å²) in [5, 5.41) is 0. The molecule has 0 atom stereocenters. The highest BCUT2D eigenvalue weighted by molar-refractivity contribution is 9.10. The van der Waals surface area contributed by atoms with Crippen LogP contribution in [-0.2, 0) is 6.42 Å². The maximum Gasteiger partial charge on any atom is 0.196 e. The summed E-state index contributed by atoms with van der Waals surface area (Å²) < 4.78 is 19.2. The summed E-state index contributed by atoms with van der Waals surface area (Å²) in [5.74, 6) is 0.140. The van der Waals surface area contributed by atoms with E-state index in [0.29, 0.717) is 23.5 Å². The Morgan fingerprint density at radius 3 is 2.90 bits per heavy atom. The van der Waals surface area contributed by atoms with E-state index in [2.05, 4.69) is 15.9 Å². The molecule has 3 rings (SSSR count). The zero-order valence-electron chi connectivity index (χ0n) is 10.7. The lowest BCUT2D eigenvalue weighted by molar-refractivity contribution is 0.103. The van der Waals surface area contributed by atoms with Gasteiger partial charge in [0.2, 0.25) is 0 Å². The van der Waals surface area contributed by atoms with Crippen molar-refractivity contribution in [1.29, 1.82) is 0 Å². The standard InChI is InChI=1S/C16H12BrFO2/c17-13-9-11(6-7-14(13)18)15(19)12-5-1-3-10-4-2-8-20-16(10)12/h1,3,5-7,9H,2,4,8H2. The highest BCUT2D eigenvalue weighted by atomic mass is 79.9. The van der Waals surface area contributed by atoms with Gasteiger partial charge in [-0.15, -0.1) is 0 Å². The number of fused-ring (bicyclic) bond motifs is 1. The van der Waals surface area contributed by atoms with Gasteiger partial charge >= 0.3 is 0 Å². The molecule has 1 heterocycles. The van der Waals surface area contributed by atoms with Crippen LogP contribution in [0.15, 0.2) is 40.9 Å². The molecule has 0 saturated heterocycles. The van der Waals surface area contributed by atoms with Crippen molar-refractivity contribution in [2.45, 2.75) is 12.8 Å². The molecule has 0 unspecified atom stereocenters. The lowest BCUT2D eigenvalue weighted by atomic mass is 9.97. The van der Waals surface area contributed by atoms with E-state index < -0.39 is 0 Å². The number of hydrogen-bond acceptors (Lipinski definition) is 2. The molecule has 0 amide bonds. The van der Waals surface area contributed by atoms with Crippen LogP contribution in [0, 0.1) is 5.82 Å². The third-order valence-electron chi connectivity index (χ3n) is 3.36. The number of carbonyl (C=O) groups excluding carboxylic acids is 1. The number of rotatable bonds is 2. The van der Waals surface area contributed by atoms with Crippen LogP contribution in [0.4, 0.5) is 4.39 Å². The van der Waals surface area contributed by atoms with E-state index in [1.165, 1.54) is 18.2 Å². The number of hydrogen-bond donors (Lipinski definition) is 0. The van der Waals surface area contributed by atoms with Gasteiger partial charge in [-0.1, -0.05) is 12.1 Å². The van der Waals surface area contributed by atoms with Crippen molar-refractivity contribution in [3.05, 3.63) is 63.4 Å². The first-order valence-electron chi connectivity index (χ1n) is 6.41. The van der Waals surface area contributed by atoms with Crippen molar-refractivity contribution in [2.24, 2.45) is 0 Å². The lowest BCUT2D eigenvalue weighted by Gasteiger charge is -2.19. The van der Waals surface area contributed by atoms with Gasteiger partial charge in [-0.3, -0.25) is 4.79 Å². The Balaban J connectivity index is 2.04. The van der Waals surface area contributed by atoms with Gasteiger partial charge in [-0.05, 0) is 58.6 Å². The second-order valence-electron chi connectivity index (χ2n) is 4.70. The van der Waals surface area contributed by atoms with Crippen LogP contribution in [0.1, 0.15) is 27.9 Å². The Morgan fingerprint density at radius 1 is 1.25 bits per heavy atom. The van der Waals surface area contributed by atoms with Gasteiger partial charge in [0, 0.05) is 5.56 Å². The SMILES string of the molecule is O=C(c1ccc(F)c(Br)c1)c1cccc2c1OCCC2. The fraction of sp³-hybridized carbons (Fsp3) is 0.188. The van der Waals surface area contributed by atoms with Crippen molar-refractivity contribution in [3.8, 4) is 5.75 Å². The van der Waals surface area contributed by atoms with E-state index in [0.717, 1.165) is 18.4 Å². The molecule has 1 aliphatic rings. The van der Waals surface area contributed by atoms with Crippen LogP contribution in [0.3, 0.4) is 0 Å². The molecule has 2 aromatic carbocycles. The van der Waals surface area contributed by atoms with Crippen molar-refractivity contribution >= 4 is 21.7 Å². The van der Waals surface area contributed by atoms with Gasteiger partial charge in [-0.2, -0.15) is 0 Å². The second kappa shape index (κ2) is 5.37. The molecule has 1 aliphatic heterocycles. The van der Waals surface area contributed by atoms with Crippen molar-refractivity contribution in [2.75, 3.05) is 6.61 Å². The van der Waals surface area contributed by atoms with Gasteiger partial charge in [-0.25, -0.2) is 4.39 Å². The average Bonchev–Trinajstić information content (AvgIpc) is 2.49. The number of carbonyl (C=O) groups is 1. The molecular weight excluding hydrogens is 323 g/mol. The number of benzene rings is 2. The molecule has 0 spiro atoms. The Bertz CT molecular complexity index is 682. The second-order valence-corrected chi connectivity index (χ2v) is 5.56. The summed E-state index contributed by atoms with van der Waals surface area (Å²) in [4.78, 5) is 12.6. The summed E-state index contributed by atoms with van der Waals surface area (Å²) in [6.45, 7) is 0.629. The number of halogens is 2. The molecule has 20 heavy (non-hydrogen) atoms. The van der Waals surface area contributed by atoms with Crippen LogP contribution in [0.25, 0.3) is 0 Å². The predicted octanol–water partition coefficient (Wildman–Crippen LogP) is 4.14. The molecule has 102 valence electrons. The Kier molecular flexibility index (Phi) is 3.57. The zero-order valence-corrected chi connectivity index (χ0v) is 12.2. The van der Waals surface area contributed by atoms with E-state index in [9.17, 15) is 9.18 Å². The Hall–Kier alpha value is -1.68. The molecule has 0 fully saturated rings. The fourth-order valence-electron chi connectivity index (χ4n) is 2.36. The van der Waals surface area contributed by atoms with Gasteiger partial charge in [0.25, 0.3) is 0 Å². The van der Waals surface area contributed by atoms with Crippen LogP contribution in [-0.4, -0.2) is 12.4 Å². The summed E-state index contributed by atoms with van der Waals surface area (Å²) in [6, 6.07) is 9.87. The summed E-state index contributed by atoms with van der Waals surface area (Å²) in [7, 11) is 0. The topological polar surface area (TPSA) is 26.3 Å². The normalized spacial score (nSPS) is 13.5. The summed E-state index contributed by atoms with van der Waals surface area (Å²) in [6.07, 6.45) is 1.89. The minimum absolute atomic E-state index is 0.149. The van der Waals surface area contributed by atoms with Crippen LogP contribution in [0.2, 0.25) is 0 Å². The first-order chi connectivity index (χ1) is 9.66. The Labute approximate surface area is 124 Å². The molecule has 0 aromatic heterocycles. The maximum absolute atomic E-state index is 13.3. The van der Waals surface area contributed by atoms with Crippen molar-refractivity contribution in [1.82, 2.24) is 0 Å². The van der Waals surface area contributed by atoms with Crippen LogP contribution < -0.4 is 4.74 Å². The van der Waals surface area contributed by atoms with Crippen molar-refractivity contribution in [3.63, 3.8) is 0 Å². The first kappa shape index (κ1) is 13.3. The minimum atomic E-state index is -0.382. The maximum atomic E-state index is 13.3.